The second kappa shape index (κ2) is 22.9. The SMILES string of the molecule is CC(N)C(=O)NC(CO)C(=O)N1CCCC1C(=O)NCC(=O)NC(CCCCN)C(=O)NC(C)C(=O)NC(C(=O)NC(CCC(=O)O)C(=O)O)C(C)O. The number of hydrogen-bond acceptors (Lipinski definition) is 13. The Hall–Kier alpha value is -4.93. The minimum absolute atomic E-state index is 0.0727. The first-order valence-electron chi connectivity index (χ1n) is 17.1. The Bertz CT molecular complexity index is 1330. The van der Waals surface area contributed by atoms with Gasteiger partial charge in [0.05, 0.1) is 25.3 Å². The van der Waals surface area contributed by atoms with E-state index in [4.69, 9.17) is 16.6 Å². The Morgan fingerprint density at radius 3 is 1.98 bits per heavy atom. The molecule has 22 heteroatoms. The van der Waals surface area contributed by atoms with Crippen molar-refractivity contribution in [2.75, 3.05) is 26.2 Å². The van der Waals surface area contributed by atoms with Crippen LogP contribution in [-0.2, 0) is 43.2 Å². The number of likely N-dealkylation sites (tertiary alicyclic amines) is 1. The van der Waals surface area contributed by atoms with Crippen LogP contribution < -0.4 is 43.4 Å². The first kappa shape index (κ1) is 46.1. The lowest BCUT2D eigenvalue weighted by atomic mass is 10.1. The van der Waals surface area contributed by atoms with Crippen LogP contribution in [0.4, 0.5) is 0 Å². The number of nitrogens with zero attached hydrogens (tertiary/aromatic N) is 1. The molecule has 0 spiro atoms. The summed E-state index contributed by atoms with van der Waals surface area (Å²) < 4.78 is 0. The Labute approximate surface area is 305 Å². The molecule has 1 heterocycles. The summed E-state index contributed by atoms with van der Waals surface area (Å²) in [5, 5.41) is 51.8. The van der Waals surface area contributed by atoms with E-state index in [1.807, 2.05) is 0 Å². The first-order valence-corrected chi connectivity index (χ1v) is 17.1. The highest BCUT2D eigenvalue weighted by Crippen LogP contribution is 2.18. The van der Waals surface area contributed by atoms with E-state index in [2.05, 4.69) is 31.9 Å². The summed E-state index contributed by atoms with van der Waals surface area (Å²) in [7, 11) is 0. The number of aliphatic hydroxyl groups is 2. The van der Waals surface area contributed by atoms with E-state index >= 15 is 0 Å². The molecule has 0 radical (unpaired) electrons. The third-order valence-corrected chi connectivity index (χ3v) is 8.15. The monoisotopic (exact) mass is 759 g/mol. The lowest BCUT2D eigenvalue weighted by molar-refractivity contribution is -0.144. The summed E-state index contributed by atoms with van der Waals surface area (Å²) in [6, 6.07) is -9.18. The molecule has 300 valence electrons. The predicted molar refractivity (Wildman–Crippen MR) is 183 cm³/mol. The van der Waals surface area contributed by atoms with Crippen molar-refractivity contribution in [2.45, 2.75) is 114 Å². The maximum absolute atomic E-state index is 13.2. The summed E-state index contributed by atoms with van der Waals surface area (Å²) in [5.74, 6) is -8.62. The zero-order valence-electron chi connectivity index (χ0n) is 30.0. The van der Waals surface area contributed by atoms with Gasteiger partial charge in [0, 0.05) is 13.0 Å². The minimum Gasteiger partial charge on any atom is -0.481 e. The summed E-state index contributed by atoms with van der Waals surface area (Å²) in [5.41, 5.74) is 11.1. The number of hydrogen-bond donors (Lipinski definition) is 12. The van der Waals surface area contributed by atoms with Gasteiger partial charge in [-0.2, -0.15) is 0 Å². The van der Waals surface area contributed by atoms with E-state index in [0.717, 1.165) is 6.92 Å². The van der Waals surface area contributed by atoms with E-state index < -0.39 is 128 Å². The zero-order valence-corrected chi connectivity index (χ0v) is 30.0. The van der Waals surface area contributed by atoms with E-state index in [1.54, 1.807) is 0 Å². The van der Waals surface area contributed by atoms with Gasteiger partial charge in [0.2, 0.25) is 41.4 Å². The summed E-state index contributed by atoms with van der Waals surface area (Å²) in [6.45, 7) is 2.87. The lowest BCUT2D eigenvalue weighted by Gasteiger charge is -2.28. The van der Waals surface area contributed by atoms with Gasteiger partial charge in [-0.1, -0.05) is 0 Å². The number of carbonyl (C=O) groups is 9. The van der Waals surface area contributed by atoms with Crippen LogP contribution in [0.2, 0.25) is 0 Å². The van der Waals surface area contributed by atoms with Gasteiger partial charge in [0.1, 0.15) is 36.3 Å². The first-order chi connectivity index (χ1) is 24.8. The van der Waals surface area contributed by atoms with E-state index in [1.165, 1.54) is 18.7 Å². The zero-order chi connectivity index (χ0) is 40.4. The second-order valence-corrected chi connectivity index (χ2v) is 12.6. The largest absolute Gasteiger partial charge is 0.481 e. The number of carbonyl (C=O) groups excluding carboxylic acids is 7. The number of unbranched alkanes of at least 4 members (excludes halogenated alkanes) is 1. The summed E-state index contributed by atoms with van der Waals surface area (Å²) >= 11 is 0. The topological polar surface area (TPSA) is 362 Å². The quantitative estimate of drug-likeness (QED) is 0.0432. The molecule has 1 aliphatic heterocycles. The lowest BCUT2D eigenvalue weighted by Crippen LogP contribution is -2.59. The normalized spacial score (nSPS) is 17.8. The van der Waals surface area contributed by atoms with Gasteiger partial charge >= 0.3 is 11.9 Å². The number of carboxylic acid groups (broad SMARTS) is 2. The highest BCUT2D eigenvalue weighted by molar-refractivity contribution is 5.97. The third-order valence-electron chi connectivity index (χ3n) is 8.15. The van der Waals surface area contributed by atoms with Crippen LogP contribution in [0.3, 0.4) is 0 Å². The van der Waals surface area contributed by atoms with Gasteiger partial charge in [0.25, 0.3) is 0 Å². The molecule has 1 rings (SSSR count). The summed E-state index contributed by atoms with van der Waals surface area (Å²) in [4.78, 5) is 113. The van der Waals surface area contributed by atoms with Crippen LogP contribution in [0, 0.1) is 0 Å². The highest BCUT2D eigenvalue weighted by Gasteiger charge is 2.38. The second-order valence-electron chi connectivity index (χ2n) is 12.6. The van der Waals surface area contributed by atoms with Gasteiger partial charge in [-0.15, -0.1) is 0 Å². The van der Waals surface area contributed by atoms with Crippen molar-refractivity contribution in [3.05, 3.63) is 0 Å². The van der Waals surface area contributed by atoms with Gasteiger partial charge in [0.15, 0.2) is 0 Å². The fourth-order valence-corrected chi connectivity index (χ4v) is 5.13. The van der Waals surface area contributed by atoms with Crippen LogP contribution in [0.15, 0.2) is 0 Å². The van der Waals surface area contributed by atoms with Gasteiger partial charge in [-0.05, 0) is 65.8 Å². The number of nitrogens with two attached hydrogens (primary N) is 2. The van der Waals surface area contributed by atoms with Crippen molar-refractivity contribution in [3.8, 4) is 0 Å². The Morgan fingerprint density at radius 2 is 1.43 bits per heavy atom. The fourth-order valence-electron chi connectivity index (χ4n) is 5.13. The molecular formula is C31H53N9O13. The molecular weight excluding hydrogens is 706 g/mol. The van der Waals surface area contributed by atoms with E-state index in [0.29, 0.717) is 19.3 Å². The molecule has 1 fully saturated rings. The smallest absolute Gasteiger partial charge is 0.326 e. The summed E-state index contributed by atoms with van der Waals surface area (Å²) in [6.07, 6.45) is -0.984. The number of aliphatic carboxylic acids is 2. The fraction of sp³-hybridized carbons (Fsp3) is 0.710. The van der Waals surface area contributed by atoms with Crippen LogP contribution in [0.25, 0.3) is 0 Å². The minimum atomic E-state index is -1.69. The molecule has 0 aromatic rings. The number of aliphatic hydroxyl groups excluding tert-OH is 2. The average molecular weight is 760 g/mol. The molecule has 0 aromatic carbocycles. The molecule has 8 atom stereocenters. The van der Waals surface area contributed by atoms with Crippen molar-refractivity contribution >= 4 is 53.3 Å². The molecule has 8 unspecified atom stereocenters. The van der Waals surface area contributed by atoms with Crippen LogP contribution in [-0.4, -0.2) is 153 Å². The molecule has 1 aliphatic rings. The highest BCUT2D eigenvalue weighted by atomic mass is 16.4. The third kappa shape index (κ3) is 15.7. The van der Waals surface area contributed by atoms with Crippen molar-refractivity contribution in [1.29, 1.82) is 0 Å². The molecule has 14 N–H and O–H groups in total. The molecule has 53 heavy (non-hydrogen) atoms. The van der Waals surface area contributed by atoms with Crippen LogP contribution >= 0.6 is 0 Å². The Kier molecular flexibility index (Phi) is 19.9. The van der Waals surface area contributed by atoms with E-state index in [-0.39, 0.29) is 25.9 Å². The molecule has 22 nitrogen and oxygen atoms in total. The molecule has 1 saturated heterocycles. The molecule has 0 saturated carbocycles. The number of carboxylic acids is 2. The molecule has 0 aliphatic carbocycles. The van der Waals surface area contributed by atoms with Crippen molar-refractivity contribution < 1.29 is 63.6 Å². The van der Waals surface area contributed by atoms with Crippen molar-refractivity contribution in [2.24, 2.45) is 11.5 Å². The standard InChI is InChI=1S/C31H53N9O13/c1-15(33)25(46)38-20(14-41)30(51)40-12-6-8-21(40)28(49)34-13-22(43)36-18(7-4-5-11-32)27(48)35-16(2)26(47)39-24(17(3)42)29(50)37-19(31(52)53)9-10-23(44)45/h15-21,24,41-42H,4-14,32-33H2,1-3H3,(H,34,49)(H,35,48)(H,36,43)(H,37,50)(H,38,46)(H,39,47)(H,44,45)(H,52,53). The van der Waals surface area contributed by atoms with Crippen LogP contribution in [0.5, 0.6) is 0 Å². The van der Waals surface area contributed by atoms with Crippen LogP contribution in [0.1, 0.15) is 65.7 Å². The average Bonchev–Trinajstić information content (AvgIpc) is 3.59. The molecule has 0 bridgehead atoms. The van der Waals surface area contributed by atoms with Gasteiger partial charge in [-0.3, -0.25) is 38.4 Å². The molecule has 0 aromatic heterocycles. The maximum atomic E-state index is 13.2. The van der Waals surface area contributed by atoms with Crippen molar-refractivity contribution in [1.82, 2.24) is 36.8 Å². The maximum Gasteiger partial charge on any atom is 0.326 e. The molecule has 7 amide bonds. The Balaban J connectivity index is 2.89. The van der Waals surface area contributed by atoms with Gasteiger partial charge in [-0.25, -0.2) is 4.79 Å². The number of nitrogens with one attached hydrogen (secondary N) is 6. The van der Waals surface area contributed by atoms with E-state index in [9.17, 15) is 58.5 Å². The number of amides is 7. The van der Waals surface area contributed by atoms with Gasteiger partial charge < -0.3 is 68.7 Å². The predicted octanol–water partition coefficient (Wildman–Crippen LogP) is -5.66. The number of rotatable bonds is 23. The Morgan fingerprint density at radius 1 is 0.792 bits per heavy atom. The van der Waals surface area contributed by atoms with Crippen molar-refractivity contribution in [3.63, 3.8) is 0 Å².